The minimum absolute atomic E-state index is 0.132. The highest BCUT2D eigenvalue weighted by Crippen LogP contribution is 2.43. The Morgan fingerprint density at radius 3 is 2.16 bits per heavy atom. The highest BCUT2D eigenvalue weighted by molar-refractivity contribution is 7.89. The van der Waals surface area contributed by atoms with Gasteiger partial charge in [0.1, 0.15) is 11.5 Å². The van der Waals surface area contributed by atoms with Gasteiger partial charge in [0.25, 0.3) is 5.91 Å². The molecule has 3 aromatic carbocycles. The quantitative estimate of drug-likeness (QED) is 0.138. The zero-order valence-electron chi connectivity index (χ0n) is 24.9. The van der Waals surface area contributed by atoms with Crippen LogP contribution in [0.2, 0.25) is 0 Å². The highest BCUT2D eigenvalue weighted by Gasteiger charge is 2.30. The predicted octanol–water partition coefficient (Wildman–Crippen LogP) is 4.96. The standard InChI is InChI=1S/C33H36FN3O7S/c1-20(2)37-28(16-15-25(38)18-26(39)19-29(40)41)30(22-11-13-23(34)14-12-22)31(21-7-4-3-5-8-21)32(37)33(42)36-24-9-6-10-27(17-24)45(35,43)44/h3-14,17,20,25-26,38-39H,15-16,18-19H2,1-2H3,(H,36,42)(H,40,41)(H2,35,43,44)/t25-,26-/m1/s1. The smallest absolute Gasteiger partial charge is 0.305 e. The number of hydrogen-bond donors (Lipinski definition) is 5. The summed E-state index contributed by atoms with van der Waals surface area (Å²) in [5.41, 5.74) is 3.61. The molecule has 10 nitrogen and oxygen atoms in total. The molecule has 0 fully saturated rings. The number of nitrogens with one attached hydrogen (secondary N) is 1. The SMILES string of the molecule is CC(C)n1c(CC[C@@H](O)C[C@@H](O)CC(=O)O)c(-c2ccc(F)cc2)c(-c2ccccc2)c1C(=O)Nc1cccc(S(N)(=O)=O)c1. The number of carbonyl (C=O) groups is 2. The van der Waals surface area contributed by atoms with E-state index < -0.39 is 46.3 Å². The van der Waals surface area contributed by atoms with Crippen LogP contribution in [0.15, 0.2) is 83.8 Å². The molecule has 12 heteroatoms. The van der Waals surface area contributed by atoms with Gasteiger partial charge in [-0.1, -0.05) is 48.5 Å². The van der Waals surface area contributed by atoms with Crippen LogP contribution in [0, 0.1) is 5.82 Å². The normalized spacial score (nSPS) is 13.0. The number of anilines is 1. The highest BCUT2D eigenvalue weighted by atomic mass is 32.2. The van der Waals surface area contributed by atoms with Crippen molar-refractivity contribution in [3.8, 4) is 22.3 Å². The second-order valence-corrected chi connectivity index (χ2v) is 12.7. The predicted molar refractivity (Wildman–Crippen MR) is 169 cm³/mol. The summed E-state index contributed by atoms with van der Waals surface area (Å²) < 4.78 is 39.8. The number of halogens is 1. The van der Waals surface area contributed by atoms with Crippen molar-refractivity contribution in [2.24, 2.45) is 5.14 Å². The third kappa shape index (κ3) is 8.22. The minimum atomic E-state index is -4.03. The van der Waals surface area contributed by atoms with E-state index in [1.807, 2.05) is 48.7 Å². The second-order valence-electron chi connectivity index (χ2n) is 11.1. The Morgan fingerprint density at radius 1 is 0.911 bits per heavy atom. The molecule has 6 N–H and O–H groups in total. The average molecular weight is 638 g/mol. The van der Waals surface area contributed by atoms with Crippen LogP contribution in [0.5, 0.6) is 0 Å². The van der Waals surface area contributed by atoms with Crippen molar-refractivity contribution in [3.05, 3.63) is 96.1 Å². The lowest BCUT2D eigenvalue weighted by molar-refractivity contribution is -0.139. The number of aliphatic hydroxyl groups is 2. The fraction of sp³-hybridized carbons (Fsp3) is 0.273. The second kappa shape index (κ2) is 14.2. The molecule has 0 aliphatic heterocycles. The van der Waals surface area contributed by atoms with Crippen LogP contribution in [0.3, 0.4) is 0 Å². The summed E-state index contributed by atoms with van der Waals surface area (Å²) in [4.78, 5) is 25.1. The Hall–Kier alpha value is -4.36. The lowest BCUT2D eigenvalue weighted by Crippen LogP contribution is -2.23. The van der Waals surface area contributed by atoms with Gasteiger partial charge in [0, 0.05) is 28.6 Å². The van der Waals surface area contributed by atoms with Crippen molar-refractivity contribution in [2.45, 2.75) is 62.7 Å². The first kappa shape index (κ1) is 33.5. The number of carbonyl (C=O) groups excluding carboxylic acids is 1. The Labute approximate surface area is 261 Å². The molecule has 45 heavy (non-hydrogen) atoms. The number of carboxylic acids is 1. The summed E-state index contributed by atoms with van der Waals surface area (Å²) in [5, 5.41) is 38.0. The van der Waals surface area contributed by atoms with Crippen LogP contribution in [0.25, 0.3) is 22.3 Å². The third-order valence-electron chi connectivity index (χ3n) is 7.32. The summed E-state index contributed by atoms with van der Waals surface area (Å²) in [5.74, 6) is -2.17. The number of sulfonamides is 1. The first-order chi connectivity index (χ1) is 21.3. The van der Waals surface area contributed by atoms with Gasteiger partial charge in [0.2, 0.25) is 10.0 Å². The molecule has 0 aliphatic rings. The number of aliphatic carboxylic acids is 1. The summed E-state index contributed by atoms with van der Waals surface area (Å²) in [7, 11) is -4.03. The number of nitrogens with two attached hydrogens (primary N) is 1. The molecule has 4 aromatic rings. The number of aliphatic hydroxyl groups excluding tert-OH is 2. The lowest BCUT2D eigenvalue weighted by atomic mass is 9.92. The number of nitrogens with zero attached hydrogens (tertiary/aromatic N) is 1. The van der Waals surface area contributed by atoms with Crippen LogP contribution in [-0.4, -0.2) is 52.4 Å². The maximum Gasteiger partial charge on any atom is 0.305 e. The fourth-order valence-electron chi connectivity index (χ4n) is 5.45. The molecule has 0 spiro atoms. The maximum atomic E-state index is 14.2. The van der Waals surface area contributed by atoms with E-state index in [0.717, 1.165) is 0 Å². The number of benzene rings is 3. The van der Waals surface area contributed by atoms with Gasteiger partial charge < -0.3 is 25.2 Å². The van der Waals surface area contributed by atoms with E-state index >= 15 is 0 Å². The molecular formula is C33H36FN3O7S. The van der Waals surface area contributed by atoms with E-state index in [0.29, 0.717) is 27.9 Å². The lowest BCUT2D eigenvalue weighted by Gasteiger charge is -2.20. The monoisotopic (exact) mass is 637 g/mol. The molecule has 0 unspecified atom stereocenters. The Kier molecular flexibility index (Phi) is 10.6. The number of primary sulfonamides is 1. The number of amides is 1. The molecule has 2 atom stereocenters. The van der Waals surface area contributed by atoms with E-state index in [2.05, 4.69) is 5.32 Å². The minimum Gasteiger partial charge on any atom is -0.481 e. The van der Waals surface area contributed by atoms with Gasteiger partial charge in [-0.3, -0.25) is 9.59 Å². The largest absolute Gasteiger partial charge is 0.481 e. The fourth-order valence-corrected chi connectivity index (χ4v) is 6.01. The van der Waals surface area contributed by atoms with Gasteiger partial charge in [-0.2, -0.15) is 0 Å². The summed E-state index contributed by atoms with van der Waals surface area (Å²) >= 11 is 0. The van der Waals surface area contributed by atoms with Crippen molar-refractivity contribution >= 4 is 27.6 Å². The van der Waals surface area contributed by atoms with Gasteiger partial charge in [-0.25, -0.2) is 17.9 Å². The zero-order chi connectivity index (χ0) is 32.9. The van der Waals surface area contributed by atoms with E-state index in [1.165, 1.54) is 36.4 Å². The molecule has 0 bridgehead atoms. The van der Waals surface area contributed by atoms with Gasteiger partial charge in [-0.05, 0) is 74.6 Å². The molecule has 0 radical (unpaired) electrons. The molecule has 238 valence electrons. The van der Waals surface area contributed by atoms with E-state index in [1.54, 1.807) is 12.1 Å². The van der Waals surface area contributed by atoms with Crippen LogP contribution >= 0.6 is 0 Å². The maximum absolute atomic E-state index is 14.2. The molecule has 0 saturated carbocycles. The van der Waals surface area contributed by atoms with Gasteiger partial charge >= 0.3 is 5.97 Å². The van der Waals surface area contributed by atoms with Crippen molar-refractivity contribution in [2.75, 3.05) is 5.32 Å². The van der Waals surface area contributed by atoms with Crippen molar-refractivity contribution in [3.63, 3.8) is 0 Å². The van der Waals surface area contributed by atoms with E-state index in [4.69, 9.17) is 10.2 Å². The van der Waals surface area contributed by atoms with Gasteiger partial charge in [0.05, 0.1) is 23.5 Å². The number of carboxylic acid groups (broad SMARTS) is 1. The third-order valence-corrected chi connectivity index (χ3v) is 8.23. The summed E-state index contributed by atoms with van der Waals surface area (Å²) in [6.45, 7) is 3.77. The van der Waals surface area contributed by atoms with Gasteiger partial charge in [0.15, 0.2) is 0 Å². The van der Waals surface area contributed by atoms with Crippen LogP contribution in [-0.2, 0) is 21.2 Å². The number of rotatable bonds is 13. The van der Waals surface area contributed by atoms with Crippen molar-refractivity contribution in [1.82, 2.24) is 4.57 Å². The topological polar surface area (TPSA) is 172 Å². The van der Waals surface area contributed by atoms with Crippen LogP contribution in [0.1, 0.15) is 55.3 Å². The Balaban J connectivity index is 1.91. The van der Waals surface area contributed by atoms with Crippen molar-refractivity contribution in [1.29, 1.82) is 0 Å². The molecule has 0 aliphatic carbocycles. The number of hydrogen-bond acceptors (Lipinski definition) is 6. The summed E-state index contributed by atoms with van der Waals surface area (Å²) in [6, 6.07) is 20.3. The van der Waals surface area contributed by atoms with Crippen LogP contribution < -0.4 is 10.5 Å². The van der Waals surface area contributed by atoms with E-state index in [-0.39, 0.29) is 41.6 Å². The Bertz CT molecular complexity index is 1770. The van der Waals surface area contributed by atoms with E-state index in [9.17, 15) is 32.6 Å². The van der Waals surface area contributed by atoms with Crippen LogP contribution in [0.4, 0.5) is 10.1 Å². The molecule has 1 heterocycles. The molecule has 4 rings (SSSR count). The molecule has 1 aromatic heterocycles. The van der Waals surface area contributed by atoms with Crippen molar-refractivity contribution < 1.29 is 37.7 Å². The first-order valence-corrected chi connectivity index (χ1v) is 15.9. The molecule has 0 saturated heterocycles. The molecular weight excluding hydrogens is 601 g/mol. The average Bonchev–Trinajstić information content (AvgIpc) is 3.32. The zero-order valence-corrected chi connectivity index (χ0v) is 25.7. The first-order valence-electron chi connectivity index (χ1n) is 14.4. The Morgan fingerprint density at radius 2 is 1.56 bits per heavy atom. The molecule has 1 amide bonds. The summed E-state index contributed by atoms with van der Waals surface area (Å²) in [6.07, 6.45) is -2.59. The van der Waals surface area contributed by atoms with Gasteiger partial charge in [-0.15, -0.1) is 0 Å². The number of aromatic nitrogens is 1.